The maximum absolute atomic E-state index is 2.50. The predicted molar refractivity (Wildman–Crippen MR) is 196 cm³/mol. The van der Waals surface area contributed by atoms with Crippen LogP contribution in [0.5, 0.6) is 0 Å². The Morgan fingerprint density at radius 2 is 1.00 bits per heavy atom. The van der Waals surface area contributed by atoms with Gasteiger partial charge in [0.1, 0.15) is 0 Å². The van der Waals surface area contributed by atoms with Crippen molar-refractivity contribution in [2.45, 2.75) is 0 Å². The van der Waals surface area contributed by atoms with Crippen LogP contribution in [0, 0.1) is 0 Å². The highest BCUT2D eigenvalue weighted by Crippen LogP contribution is 2.53. The van der Waals surface area contributed by atoms with Gasteiger partial charge in [-0.25, -0.2) is 0 Å². The number of rotatable bonds is 2. The van der Waals surface area contributed by atoms with Crippen molar-refractivity contribution in [2.75, 3.05) is 4.90 Å². The van der Waals surface area contributed by atoms with Gasteiger partial charge in [-0.3, -0.25) is 0 Å². The molecule has 0 N–H and O–H groups in total. The summed E-state index contributed by atoms with van der Waals surface area (Å²) in [7, 11) is 0. The molecule has 10 aromatic rings. The average Bonchev–Trinajstić information content (AvgIpc) is 3.77. The molecule has 3 aromatic heterocycles. The molecule has 0 unspecified atom stereocenters. The Kier molecular flexibility index (Phi) is 4.72. The number of para-hydroxylation sites is 5. The quantitative estimate of drug-likeness (QED) is 0.192. The molecular formula is C42H25N3S. The number of aromatic nitrogens is 2. The van der Waals surface area contributed by atoms with Crippen LogP contribution in [0.15, 0.2) is 152 Å². The third kappa shape index (κ3) is 3.06. The number of anilines is 3. The molecule has 0 saturated carbocycles. The SMILES string of the molecule is c1ccc(-n2c3ccccc3c3cc4c5cccc6c5n(c4cc32)-c2ccccc2N6c2cccc3c2sc2ccccc23)cc1. The maximum Gasteiger partial charge on any atom is 0.0783 e. The monoisotopic (exact) mass is 603 g/mol. The van der Waals surface area contributed by atoms with E-state index in [1.807, 2.05) is 11.3 Å². The van der Waals surface area contributed by atoms with Gasteiger partial charge >= 0.3 is 0 Å². The summed E-state index contributed by atoms with van der Waals surface area (Å²) in [6.45, 7) is 0. The average molecular weight is 604 g/mol. The zero-order valence-corrected chi connectivity index (χ0v) is 25.5. The van der Waals surface area contributed by atoms with Gasteiger partial charge in [0.25, 0.3) is 0 Å². The second kappa shape index (κ2) is 8.87. The molecule has 214 valence electrons. The molecule has 11 rings (SSSR count). The molecule has 0 bridgehead atoms. The van der Waals surface area contributed by atoms with E-state index in [4.69, 9.17) is 0 Å². The van der Waals surface area contributed by atoms with Gasteiger partial charge in [-0.15, -0.1) is 11.3 Å². The van der Waals surface area contributed by atoms with E-state index in [-0.39, 0.29) is 0 Å². The zero-order chi connectivity index (χ0) is 29.9. The Balaban J connectivity index is 1.28. The van der Waals surface area contributed by atoms with Crippen LogP contribution in [0.2, 0.25) is 0 Å². The number of nitrogens with zero attached hydrogens (tertiary/aromatic N) is 3. The highest BCUT2D eigenvalue weighted by atomic mass is 32.1. The van der Waals surface area contributed by atoms with Gasteiger partial charge in [-0.2, -0.15) is 0 Å². The van der Waals surface area contributed by atoms with Gasteiger partial charge in [0.15, 0.2) is 0 Å². The van der Waals surface area contributed by atoms with E-state index < -0.39 is 0 Å². The van der Waals surface area contributed by atoms with Crippen molar-refractivity contribution in [1.82, 2.24) is 9.13 Å². The molecule has 7 aromatic carbocycles. The normalized spacial score (nSPS) is 12.7. The van der Waals surface area contributed by atoms with Crippen LogP contribution in [0.25, 0.3) is 75.2 Å². The number of fused-ring (bicyclic) bond motifs is 11. The second-order valence-corrected chi connectivity index (χ2v) is 13.2. The smallest absolute Gasteiger partial charge is 0.0783 e. The lowest BCUT2D eigenvalue weighted by atomic mass is 10.1. The first-order chi connectivity index (χ1) is 22.8. The van der Waals surface area contributed by atoms with E-state index in [1.165, 1.54) is 92.2 Å². The fourth-order valence-corrected chi connectivity index (χ4v) is 9.14. The topological polar surface area (TPSA) is 13.1 Å². The summed E-state index contributed by atoms with van der Waals surface area (Å²) >= 11 is 1.88. The third-order valence-corrected chi connectivity index (χ3v) is 11.0. The van der Waals surface area contributed by atoms with Crippen molar-refractivity contribution in [2.24, 2.45) is 0 Å². The number of benzene rings is 7. The van der Waals surface area contributed by atoms with E-state index in [2.05, 4.69) is 166 Å². The molecular weight excluding hydrogens is 579 g/mol. The summed E-state index contributed by atoms with van der Waals surface area (Å²) in [5.74, 6) is 0. The molecule has 0 saturated heterocycles. The number of hydrogen-bond acceptors (Lipinski definition) is 2. The first kappa shape index (κ1) is 24.5. The van der Waals surface area contributed by atoms with Crippen LogP contribution in [0.4, 0.5) is 17.1 Å². The minimum Gasteiger partial charge on any atom is -0.309 e. The van der Waals surface area contributed by atoms with Crippen LogP contribution in [-0.4, -0.2) is 9.13 Å². The van der Waals surface area contributed by atoms with Crippen LogP contribution in [0.3, 0.4) is 0 Å². The van der Waals surface area contributed by atoms with Crippen molar-refractivity contribution in [1.29, 1.82) is 0 Å². The summed E-state index contributed by atoms with van der Waals surface area (Å²) in [6.07, 6.45) is 0. The van der Waals surface area contributed by atoms with E-state index >= 15 is 0 Å². The summed E-state index contributed by atoms with van der Waals surface area (Å²) in [5.41, 5.74) is 10.9. The zero-order valence-electron chi connectivity index (χ0n) is 24.7. The standard InChI is InChI=1S/C42H25N3S/c1-2-12-26(13-3-1)43-33-18-6-4-14-27(33)31-24-32-29-16-10-21-36-41(29)45(39(32)25-38(31)43)35-20-8-7-19-34(35)44(36)37-22-11-17-30-28-15-5-9-23-40(28)46-42(30)37/h1-25H. The number of hydrogen-bond donors (Lipinski definition) is 0. The van der Waals surface area contributed by atoms with Crippen LogP contribution < -0.4 is 4.90 Å². The minimum atomic E-state index is 1.17. The number of thiophene rings is 1. The third-order valence-electron chi connectivity index (χ3n) is 9.80. The predicted octanol–water partition coefficient (Wildman–Crippen LogP) is 12.0. The van der Waals surface area contributed by atoms with Crippen molar-refractivity contribution < 1.29 is 0 Å². The molecule has 0 radical (unpaired) electrons. The van der Waals surface area contributed by atoms with Crippen LogP contribution in [0.1, 0.15) is 0 Å². The summed E-state index contributed by atoms with van der Waals surface area (Å²) in [4.78, 5) is 2.49. The Bertz CT molecular complexity index is 2870. The highest BCUT2D eigenvalue weighted by molar-refractivity contribution is 7.26. The van der Waals surface area contributed by atoms with Crippen molar-refractivity contribution in [3.05, 3.63) is 152 Å². The summed E-state index contributed by atoms with van der Waals surface area (Å²) in [5, 5.41) is 7.72. The highest BCUT2D eigenvalue weighted by Gasteiger charge is 2.30. The summed E-state index contributed by atoms with van der Waals surface area (Å²) < 4.78 is 7.55. The van der Waals surface area contributed by atoms with Gasteiger partial charge in [-0.1, -0.05) is 91.0 Å². The molecule has 3 nitrogen and oxygen atoms in total. The van der Waals surface area contributed by atoms with Gasteiger partial charge < -0.3 is 14.0 Å². The molecule has 0 fully saturated rings. The Morgan fingerprint density at radius 3 is 1.89 bits per heavy atom. The van der Waals surface area contributed by atoms with Gasteiger partial charge in [0, 0.05) is 42.7 Å². The molecule has 0 spiro atoms. The first-order valence-corrected chi connectivity index (χ1v) is 16.5. The summed E-state index contributed by atoms with van der Waals surface area (Å²) in [6, 6.07) is 55.6. The molecule has 46 heavy (non-hydrogen) atoms. The van der Waals surface area contributed by atoms with Crippen molar-refractivity contribution in [3.63, 3.8) is 0 Å². The fourth-order valence-electron chi connectivity index (χ4n) is 7.93. The van der Waals surface area contributed by atoms with E-state index in [9.17, 15) is 0 Å². The molecule has 1 aliphatic heterocycles. The van der Waals surface area contributed by atoms with E-state index in [0.717, 1.165) is 0 Å². The Hall–Kier alpha value is -5.84. The van der Waals surface area contributed by atoms with Gasteiger partial charge in [-0.05, 0) is 60.7 Å². The van der Waals surface area contributed by atoms with Gasteiger partial charge in [0.2, 0.25) is 0 Å². The van der Waals surface area contributed by atoms with Crippen LogP contribution >= 0.6 is 11.3 Å². The lowest BCUT2D eigenvalue weighted by molar-refractivity contribution is 1.11. The molecule has 4 heteroatoms. The maximum atomic E-state index is 2.50. The van der Waals surface area contributed by atoms with Crippen LogP contribution in [-0.2, 0) is 0 Å². The first-order valence-electron chi connectivity index (χ1n) is 15.7. The second-order valence-electron chi connectivity index (χ2n) is 12.2. The molecule has 0 atom stereocenters. The van der Waals surface area contributed by atoms with Crippen molar-refractivity contribution in [3.8, 4) is 11.4 Å². The lowest BCUT2D eigenvalue weighted by Gasteiger charge is -2.33. The van der Waals surface area contributed by atoms with E-state index in [1.54, 1.807) is 0 Å². The molecule has 0 aliphatic carbocycles. The van der Waals surface area contributed by atoms with Crippen molar-refractivity contribution >= 4 is 92.2 Å². The Morgan fingerprint density at radius 1 is 0.370 bits per heavy atom. The Labute approximate surface area is 268 Å². The van der Waals surface area contributed by atoms with E-state index in [0.29, 0.717) is 0 Å². The fraction of sp³-hybridized carbons (Fsp3) is 0. The van der Waals surface area contributed by atoms with Gasteiger partial charge in [0.05, 0.1) is 49.5 Å². The molecule has 0 amide bonds. The molecule has 4 heterocycles. The molecule has 1 aliphatic rings. The minimum absolute atomic E-state index is 1.17. The largest absolute Gasteiger partial charge is 0.309 e. The lowest BCUT2D eigenvalue weighted by Crippen LogP contribution is -2.18.